The van der Waals surface area contributed by atoms with Gasteiger partial charge in [0, 0.05) is 63.8 Å². The van der Waals surface area contributed by atoms with Crippen LogP contribution in [0.2, 0.25) is 5.02 Å². The van der Waals surface area contributed by atoms with Crippen LogP contribution < -0.4 is 4.74 Å². The van der Waals surface area contributed by atoms with Crippen molar-refractivity contribution in [2.24, 2.45) is 0 Å². The Hall–Kier alpha value is -2.82. The zero-order chi connectivity index (χ0) is 22.1. The summed E-state index contributed by atoms with van der Waals surface area (Å²) in [5.74, 6) is 0.841. The number of aromatic nitrogens is 2. The first-order valence-electron chi connectivity index (χ1n) is 11.2. The Balaban J connectivity index is 1.57. The van der Waals surface area contributed by atoms with Gasteiger partial charge in [-0.2, -0.15) is 0 Å². The van der Waals surface area contributed by atoms with Crippen molar-refractivity contribution < 1.29 is 4.74 Å². The molecular formula is C27H28ClN3O. The van der Waals surface area contributed by atoms with Crippen LogP contribution in [0.5, 0.6) is 5.75 Å². The number of benzene rings is 2. The highest BCUT2D eigenvalue weighted by atomic mass is 35.5. The van der Waals surface area contributed by atoms with Crippen molar-refractivity contribution in [3.8, 4) is 28.0 Å². The van der Waals surface area contributed by atoms with Gasteiger partial charge in [-0.25, -0.2) is 0 Å². The summed E-state index contributed by atoms with van der Waals surface area (Å²) in [7, 11) is 3.94. The molecule has 2 aromatic heterocycles. The monoisotopic (exact) mass is 445 g/mol. The maximum atomic E-state index is 6.42. The molecule has 32 heavy (non-hydrogen) atoms. The molecule has 3 heterocycles. The number of piperidine rings is 1. The van der Waals surface area contributed by atoms with Gasteiger partial charge in [0.1, 0.15) is 5.75 Å². The Labute approximate surface area is 194 Å². The van der Waals surface area contributed by atoms with Crippen LogP contribution in [0.15, 0.2) is 67.1 Å². The maximum absolute atomic E-state index is 6.42. The van der Waals surface area contributed by atoms with Gasteiger partial charge in [0.15, 0.2) is 0 Å². The average molecular weight is 446 g/mol. The number of methoxy groups -OCH3 is 1. The lowest BCUT2D eigenvalue weighted by Gasteiger charge is -2.32. The van der Waals surface area contributed by atoms with Crippen LogP contribution in [-0.4, -0.2) is 41.2 Å². The van der Waals surface area contributed by atoms with Gasteiger partial charge < -0.3 is 14.2 Å². The number of fused-ring (bicyclic) bond motifs is 1. The molecule has 0 bridgehead atoms. The Morgan fingerprint density at radius 3 is 2.75 bits per heavy atom. The molecule has 0 amide bonds. The van der Waals surface area contributed by atoms with E-state index in [1.165, 1.54) is 42.3 Å². The van der Waals surface area contributed by atoms with Crippen LogP contribution in [-0.2, 0) is 6.54 Å². The van der Waals surface area contributed by atoms with E-state index in [0.29, 0.717) is 6.04 Å². The highest BCUT2D eigenvalue weighted by Crippen LogP contribution is 2.35. The minimum absolute atomic E-state index is 0.559. The molecule has 0 spiro atoms. The Morgan fingerprint density at radius 1 is 1.03 bits per heavy atom. The number of hydrogen-bond donors (Lipinski definition) is 0. The van der Waals surface area contributed by atoms with E-state index in [9.17, 15) is 0 Å². The molecule has 5 rings (SSSR count). The van der Waals surface area contributed by atoms with Gasteiger partial charge in [-0.3, -0.25) is 4.98 Å². The molecule has 1 fully saturated rings. The van der Waals surface area contributed by atoms with Crippen molar-refractivity contribution in [1.29, 1.82) is 0 Å². The standard InChI is InChI=1S/C27H28ClN3O/c1-30-11-4-3-7-23(30)17-31-18-26(25-14-22(28)9-10-27(25)31)21-12-20(15-29-16-21)19-6-5-8-24(13-19)32-2/h5-6,8-10,12-16,18,23H,3-4,7,11,17H2,1-2H3. The summed E-state index contributed by atoms with van der Waals surface area (Å²) in [6.45, 7) is 2.16. The van der Waals surface area contributed by atoms with Gasteiger partial charge in [0.25, 0.3) is 0 Å². The molecule has 1 unspecified atom stereocenters. The van der Waals surface area contributed by atoms with E-state index in [4.69, 9.17) is 16.3 Å². The zero-order valence-corrected chi connectivity index (χ0v) is 19.3. The largest absolute Gasteiger partial charge is 0.497 e. The second-order valence-corrected chi connectivity index (χ2v) is 9.12. The van der Waals surface area contributed by atoms with Crippen LogP contribution in [0.4, 0.5) is 0 Å². The third kappa shape index (κ3) is 4.13. The van der Waals surface area contributed by atoms with Crippen LogP contribution in [0.1, 0.15) is 19.3 Å². The number of nitrogens with zero attached hydrogens (tertiary/aromatic N) is 3. The molecule has 4 aromatic rings. The van der Waals surface area contributed by atoms with Crippen molar-refractivity contribution in [1.82, 2.24) is 14.5 Å². The fourth-order valence-electron chi connectivity index (χ4n) is 4.80. The molecule has 164 valence electrons. The van der Waals surface area contributed by atoms with E-state index in [1.807, 2.05) is 36.7 Å². The zero-order valence-electron chi connectivity index (χ0n) is 18.6. The summed E-state index contributed by atoms with van der Waals surface area (Å²) in [6, 6.07) is 17.1. The fourth-order valence-corrected chi connectivity index (χ4v) is 4.97. The van der Waals surface area contributed by atoms with Gasteiger partial charge in [-0.1, -0.05) is 30.2 Å². The molecule has 0 saturated carbocycles. The van der Waals surface area contributed by atoms with Crippen LogP contribution in [0.3, 0.4) is 0 Å². The second kappa shape index (κ2) is 8.97. The summed E-state index contributed by atoms with van der Waals surface area (Å²) >= 11 is 6.42. The third-order valence-electron chi connectivity index (χ3n) is 6.62. The average Bonchev–Trinajstić information content (AvgIpc) is 3.18. The van der Waals surface area contributed by atoms with Crippen molar-refractivity contribution >= 4 is 22.5 Å². The molecule has 1 aliphatic heterocycles. The molecular weight excluding hydrogens is 418 g/mol. The highest BCUT2D eigenvalue weighted by molar-refractivity contribution is 6.31. The number of likely N-dealkylation sites (N-methyl/N-ethyl adjacent to an activating group) is 1. The molecule has 5 heteroatoms. The molecule has 1 saturated heterocycles. The van der Waals surface area contributed by atoms with Gasteiger partial charge in [-0.05, 0) is 68.4 Å². The normalized spacial score (nSPS) is 17.0. The third-order valence-corrected chi connectivity index (χ3v) is 6.86. The van der Waals surface area contributed by atoms with E-state index >= 15 is 0 Å². The van der Waals surface area contributed by atoms with E-state index in [2.05, 4.69) is 52.0 Å². The minimum atomic E-state index is 0.559. The Morgan fingerprint density at radius 2 is 1.91 bits per heavy atom. The predicted molar refractivity (Wildman–Crippen MR) is 132 cm³/mol. The molecule has 4 nitrogen and oxygen atoms in total. The second-order valence-electron chi connectivity index (χ2n) is 8.68. The molecule has 1 aliphatic rings. The van der Waals surface area contributed by atoms with Crippen LogP contribution in [0.25, 0.3) is 33.2 Å². The van der Waals surface area contributed by atoms with E-state index in [0.717, 1.165) is 34.0 Å². The summed E-state index contributed by atoms with van der Waals surface area (Å²) in [4.78, 5) is 7.06. The summed E-state index contributed by atoms with van der Waals surface area (Å²) in [5, 5.41) is 1.92. The van der Waals surface area contributed by atoms with Crippen LogP contribution >= 0.6 is 11.6 Å². The number of halogens is 1. The lowest BCUT2D eigenvalue weighted by atomic mass is 10.0. The summed E-state index contributed by atoms with van der Waals surface area (Å²) < 4.78 is 7.80. The highest BCUT2D eigenvalue weighted by Gasteiger charge is 2.21. The SMILES string of the molecule is COc1cccc(-c2cncc(-c3cn(CC4CCCCN4C)c4ccc(Cl)cc34)c2)c1. The molecule has 2 aromatic carbocycles. The lowest BCUT2D eigenvalue weighted by Crippen LogP contribution is -2.38. The molecule has 0 N–H and O–H groups in total. The number of ether oxygens (including phenoxy) is 1. The smallest absolute Gasteiger partial charge is 0.119 e. The van der Waals surface area contributed by atoms with Crippen LogP contribution in [0, 0.1) is 0 Å². The molecule has 0 radical (unpaired) electrons. The van der Waals surface area contributed by atoms with Crippen molar-refractivity contribution in [3.05, 3.63) is 72.1 Å². The molecule has 0 aliphatic carbocycles. The van der Waals surface area contributed by atoms with E-state index in [-0.39, 0.29) is 0 Å². The fraction of sp³-hybridized carbons (Fsp3) is 0.296. The van der Waals surface area contributed by atoms with Crippen molar-refractivity contribution in [3.63, 3.8) is 0 Å². The predicted octanol–water partition coefficient (Wildman–Crippen LogP) is 6.52. The van der Waals surface area contributed by atoms with Gasteiger partial charge >= 0.3 is 0 Å². The first-order valence-corrected chi connectivity index (χ1v) is 11.6. The van der Waals surface area contributed by atoms with Crippen molar-refractivity contribution in [2.45, 2.75) is 31.8 Å². The Bertz CT molecular complexity index is 1250. The quantitative estimate of drug-likeness (QED) is 0.350. The minimum Gasteiger partial charge on any atom is -0.497 e. The van der Waals surface area contributed by atoms with Gasteiger partial charge in [0.05, 0.1) is 7.11 Å². The first-order chi connectivity index (χ1) is 15.6. The number of hydrogen-bond acceptors (Lipinski definition) is 3. The number of likely N-dealkylation sites (tertiary alicyclic amines) is 1. The topological polar surface area (TPSA) is 30.3 Å². The maximum Gasteiger partial charge on any atom is 0.119 e. The summed E-state index contributed by atoms with van der Waals surface area (Å²) in [5.41, 5.74) is 5.63. The first kappa shape index (κ1) is 21.0. The number of pyridine rings is 1. The van der Waals surface area contributed by atoms with Gasteiger partial charge in [0.2, 0.25) is 0 Å². The van der Waals surface area contributed by atoms with E-state index < -0.39 is 0 Å². The van der Waals surface area contributed by atoms with Crippen molar-refractivity contribution in [2.75, 3.05) is 20.7 Å². The molecule has 1 atom stereocenters. The van der Waals surface area contributed by atoms with E-state index in [1.54, 1.807) is 7.11 Å². The Kier molecular flexibility index (Phi) is 5.90. The number of rotatable bonds is 5. The summed E-state index contributed by atoms with van der Waals surface area (Å²) in [6.07, 6.45) is 9.96. The van der Waals surface area contributed by atoms with Gasteiger partial charge in [-0.15, -0.1) is 0 Å². The lowest BCUT2D eigenvalue weighted by molar-refractivity contribution is 0.169.